The van der Waals surface area contributed by atoms with Crippen LogP contribution in [0.3, 0.4) is 0 Å². The van der Waals surface area contributed by atoms with Gasteiger partial charge in [0.15, 0.2) is 0 Å². The van der Waals surface area contributed by atoms with Crippen molar-refractivity contribution in [1.29, 1.82) is 0 Å². The summed E-state index contributed by atoms with van der Waals surface area (Å²) < 4.78 is 27.4. The molecule has 1 aromatic rings. The van der Waals surface area contributed by atoms with Crippen molar-refractivity contribution in [2.24, 2.45) is 0 Å². The summed E-state index contributed by atoms with van der Waals surface area (Å²) in [6.07, 6.45) is -0.237. The molecule has 1 rings (SSSR count). The molecule has 0 spiro atoms. The monoisotopic (exact) mass is 366 g/mol. The van der Waals surface area contributed by atoms with E-state index in [-0.39, 0.29) is 17.4 Å². The zero-order chi connectivity index (χ0) is 14.5. The SMILES string of the molecule is COP(=O)(Oc1ccccc1C(=O)OC(C)C)S[AsH2]. The Kier molecular flexibility index (Phi) is 6.47. The van der Waals surface area contributed by atoms with Crippen molar-refractivity contribution < 1.29 is 23.1 Å². The van der Waals surface area contributed by atoms with Gasteiger partial charge in [0.25, 0.3) is 0 Å². The molecule has 106 valence electrons. The van der Waals surface area contributed by atoms with Crippen LogP contribution in [0, 0.1) is 0 Å². The van der Waals surface area contributed by atoms with E-state index in [0.29, 0.717) is 0 Å². The van der Waals surface area contributed by atoms with E-state index in [1.54, 1.807) is 38.1 Å². The van der Waals surface area contributed by atoms with Gasteiger partial charge >= 0.3 is 124 Å². The summed E-state index contributed by atoms with van der Waals surface area (Å²) in [6.45, 7) is 0.244. The first kappa shape index (κ1) is 16.6. The minimum absolute atomic E-state index is 0.198. The second-order valence-electron chi connectivity index (χ2n) is 3.78. The summed E-state index contributed by atoms with van der Waals surface area (Å²) in [5.74, 6) is -0.316. The van der Waals surface area contributed by atoms with E-state index in [4.69, 9.17) is 13.8 Å². The van der Waals surface area contributed by atoms with Gasteiger partial charge in [-0.2, -0.15) is 0 Å². The van der Waals surface area contributed by atoms with Gasteiger partial charge in [-0.05, 0) is 0 Å². The molecule has 0 amide bonds. The van der Waals surface area contributed by atoms with E-state index in [2.05, 4.69) is 0 Å². The van der Waals surface area contributed by atoms with Crippen LogP contribution in [0.1, 0.15) is 24.2 Å². The van der Waals surface area contributed by atoms with Crippen LogP contribution >= 0.6 is 16.4 Å². The second-order valence-corrected chi connectivity index (χ2v) is 11.4. The quantitative estimate of drug-likeness (QED) is 0.438. The van der Waals surface area contributed by atoms with Gasteiger partial charge in [0, 0.05) is 0 Å². The Bertz CT molecular complexity index is 486. The fourth-order valence-corrected chi connectivity index (χ4v) is 4.88. The predicted octanol–water partition coefficient (Wildman–Crippen LogP) is 2.67. The standard InChI is InChI=1S/C11H16AsO5PS/c1-8(2)16-11(13)9-6-4-5-7-10(9)17-18(14,15-3)19-12/h4-8H,12H2,1-3H3. The van der Waals surface area contributed by atoms with Crippen LogP contribution in [-0.4, -0.2) is 34.9 Å². The van der Waals surface area contributed by atoms with Crippen molar-refractivity contribution in [3.8, 4) is 5.75 Å². The number of hydrogen-bond donors (Lipinski definition) is 0. The van der Waals surface area contributed by atoms with Crippen molar-refractivity contribution >= 4 is 38.1 Å². The van der Waals surface area contributed by atoms with Crippen molar-refractivity contribution in [2.75, 3.05) is 7.11 Å². The molecule has 0 aliphatic carbocycles. The number of esters is 1. The number of carbonyl (C=O) groups is 1. The van der Waals surface area contributed by atoms with Crippen molar-refractivity contribution in [2.45, 2.75) is 20.0 Å². The number of hydrogen-bond acceptors (Lipinski definition) is 6. The average Bonchev–Trinajstić information content (AvgIpc) is 2.38. The molecule has 0 saturated carbocycles. The van der Waals surface area contributed by atoms with Gasteiger partial charge in [0.05, 0.1) is 0 Å². The van der Waals surface area contributed by atoms with Gasteiger partial charge in [0.2, 0.25) is 0 Å². The van der Waals surface area contributed by atoms with Crippen LogP contribution < -0.4 is 4.52 Å². The third kappa shape index (κ3) is 4.88. The number of rotatable bonds is 6. The van der Waals surface area contributed by atoms with Crippen LogP contribution in [-0.2, 0) is 13.8 Å². The Hall–Kier alpha value is -0.412. The molecule has 0 N–H and O–H groups in total. The number of carbonyl (C=O) groups excluding carboxylic acids is 1. The van der Waals surface area contributed by atoms with E-state index < -0.39 is 12.8 Å². The predicted molar refractivity (Wildman–Crippen MR) is 78.4 cm³/mol. The van der Waals surface area contributed by atoms with Crippen molar-refractivity contribution in [3.63, 3.8) is 0 Å². The van der Waals surface area contributed by atoms with E-state index in [9.17, 15) is 9.36 Å². The van der Waals surface area contributed by atoms with E-state index in [1.807, 2.05) is 0 Å². The number of benzene rings is 1. The first-order valence-electron chi connectivity index (χ1n) is 5.45. The molecule has 8 heteroatoms. The van der Waals surface area contributed by atoms with E-state index >= 15 is 0 Å². The molecule has 0 heterocycles. The normalized spacial score (nSPS) is 13.9. The molecule has 0 aliphatic rings. The van der Waals surface area contributed by atoms with Crippen molar-refractivity contribution in [1.82, 2.24) is 0 Å². The molecule has 0 radical (unpaired) electrons. The number of para-hydroxylation sites is 1. The Morgan fingerprint density at radius 3 is 2.53 bits per heavy atom. The molecule has 5 nitrogen and oxygen atoms in total. The molecular weight excluding hydrogens is 350 g/mol. The zero-order valence-corrected chi connectivity index (χ0v) is 15.0. The minimum atomic E-state index is -3.27. The summed E-state index contributed by atoms with van der Waals surface area (Å²) in [4.78, 5) is 11.9. The van der Waals surface area contributed by atoms with Crippen LogP contribution in [0.25, 0.3) is 0 Å². The van der Waals surface area contributed by atoms with Gasteiger partial charge in [-0.1, -0.05) is 0 Å². The van der Waals surface area contributed by atoms with Crippen LogP contribution in [0.4, 0.5) is 0 Å². The first-order valence-corrected chi connectivity index (χ1v) is 11.4. The van der Waals surface area contributed by atoms with Crippen LogP contribution in [0.2, 0.25) is 0 Å². The summed E-state index contributed by atoms with van der Waals surface area (Å²) in [6, 6.07) is 6.49. The van der Waals surface area contributed by atoms with Crippen LogP contribution in [0.15, 0.2) is 24.3 Å². The average molecular weight is 366 g/mol. The van der Waals surface area contributed by atoms with Gasteiger partial charge in [-0.3, -0.25) is 0 Å². The zero-order valence-electron chi connectivity index (χ0n) is 10.9. The fraction of sp³-hybridized carbons (Fsp3) is 0.364. The Morgan fingerprint density at radius 1 is 1.37 bits per heavy atom. The summed E-state index contributed by atoms with van der Waals surface area (Å²) in [5, 5.41) is 0. The molecule has 2 unspecified atom stereocenters. The maximum atomic E-state index is 12.1. The molecular formula is C11H16AsO5PS. The summed E-state index contributed by atoms with van der Waals surface area (Å²) >= 11 is 1.15. The van der Waals surface area contributed by atoms with Crippen LogP contribution in [0.5, 0.6) is 5.75 Å². The third-order valence-corrected chi connectivity index (χ3v) is 9.46. The topological polar surface area (TPSA) is 61.8 Å². The second kappa shape index (κ2) is 7.39. The molecule has 2 atom stereocenters. The first-order chi connectivity index (χ1) is 8.91. The van der Waals surface area contributed by atoms with Gasteiger partial charge in [-0.15, -0.1) is 0 Å². The molecule has 19 heavy (non-hydrogen) atoms. The van der Waals surface area contributed by atoms with Crippen molar-refractivity contribution in [3.05, 3.63) is 29.8 Å². The molecule has 0 bridgehead atoms. The van der Waals surface area contributed by atoms with Gasteiger partial charge in [-0.25, -0.2) is 0 Å². The molecule has 0 saturated heterocycles. The van der Waals surface area contributed by atoms with Gasteiger partial charge < -0.3 is 0 Å². The molecule has 0 aliphatic heterocycles. The summed E-state index contributed by atoms with van der Waals surface area (Å²) in [5.41, 5.74) is 0.232. The molecule has 0 fully saturated rings. The third-order valence-electron chi connectivity index (χ3n) is 2.01. The maximum absolute atomic E-state index is 12.1. The van der Waals surface area contributed by atoms with Gasteiger partial charge in [0.1, 0.15) is 0 Å². The number of ether oxygens (including phenoxy) is 1. The van der Waals surface area contributed by atoms with E-state index in [0.717, 1.165) is 25.3 Å². The Labute approximate surface area is 124 Å². The molecule has 1 aromatic carbocycles. The van der Waals surface area contributed by atoms with E-state index in [1.165, 1.54) is 7.11 Å². The molecule has 0 aromatic heterocycles. The fourth-order valence-electron chi connectivity index (χ4n) is 1.21. The summed E-state index contributed by atoms with van der Waals surface area (Å²) in [7, 11) is 2.33. The Morgan fingerprint density at radius 2 is 2.00 bits per heavy atom. The Balaban J connectivity index is 3.02.